The van der Waals surface area contributed by atoms with Gasteiger partial charge in [-0.2, -0.15) is 0 Å². The van der Waals surface area contributed by atoms with Crippen molar-refractivity contribution in [2.24, 2.45) is 0 Å². The van der Waals surface area contributed by atoms with Gasteiger partial charge in [-0.05, 0) is 114 Å². The van der Waals surface area contributed by atoms with Gasteiger partial charge in [0.25, 0.3) is 0 Å². The molecular formula is C65H41NO. The minimum Gasteiger partial charge on any atom is -0.455 e. The van der Waals surface area contributed by atoms with Crippen LogP contribution in [-0.4, -0.2) is 0 Å². The third kappa shape index (κ3) is 5.45. The SMILES string of the molecule is c1ccc(-c2cccc(-c3oc4c5ccccc5c5cc(-c6ccc(N7c8ccccc8C8(c9ccccc9-c9ccccc98)c8ccccc87)cc6)ccc5c4c3-c3ccccc3)c2)cc1. The Hall–Kier alpha value is -8.72. The molecule has 0 bridgehead atoms. The maximum Gasteiger partial charge on any atom is 0.143 e. The highest BCUT2D eigenvalue weighted by molar-refractivity contribution is 6.29. The van der Waals surface area contributed by atoms with Crippen molar-refractivity contribution in [2.75, 3.05) is 4.90 Å². The van der Waals surface area contributed by atoms with Gasteiger partial charge < -0.3 is 9.32 Å². The fourth-order valence-corrected chi connectivity index (χ4v) is 11.7. The molecule has 1 aliphatic heterocycles. The number of nitrogens with zero attached hydrogens (tertiary/aromatic N) is 1. The van der Waals surface area contributed by atoms with Crippen LogP contribution in [0.5, 0.6) is 0 Å². The molecule has 2 aliphatic rings. The van der Waals surface area contributed by atoms with Gasteiger partial charge in [0.15, 0.2) is 0 Å². The minimum atomic E-state index is -0.432. The van der Waals surface area contributed by atoms with Crippen LogP contribution in [-0.2, 0) is 5.41 Å². The summed E-state index contributed by atoms with van der Waals surface area (Å²) in [6, 6.07) is 91.0. The van der Waals surface area contributed by atoms with Gasteiger partial charge in [-0.25, -0.2) is 0 Å². The summed E-state index contributed by atoms with van der Waals surface area (Å²) >= 11 is 0. The molecule has 2 nitrogen and oxygen atoms in total. The van der Waals surface area contributed by atoms with Gasteiger partial charge in [0.05, 0.1) is 16.8 Å². The van der Waals surface area contributed by atoms with Crippen LogP contribution in [0.4, 0.5) is 17.1 Å². The van der Waals surface area contributed by atoms with Crippen LogP contribution in [0.3, 0.4) is 0 Å². The van der Waals surface area contributed by atoms with Crippen LogP contribution in [0, 0.1) is 0 Å². The highest BCUT2D eigenvalue weighted by Gasteiger charge is 2.51. The zero-order chi connectivity index (χ0) is 44.1. The van der Waals surface area contributed by atoms with E-state index in [1.807, 2.05) is 0 Å². The molecule has 0 atom stereocenters. The van der Waals surface area contributed by atoms with Crippen molar-refractivity contribution in [3.05, 3.63) is 271 Å². The average Bonchev–Trinajstić information content (AvgIpc) is 3.95. The summed E-state index contributed by atoms with van der Waals surface area (Å²) in [6.45, 7) is 0. The zero-order valence-corrected chi connectivity index (χ0v) is 36.5. The number of para-hydroxylation sites is 2. The van der Waals surface area contributed by atoms with Gasteiger partial charge in [-0.3, -0.25) is 0 Å². The van der Waals surface area contributed by atoms with E-state index in [0.717, 1.165) is 55.6 Å². The fraction of sp³-hybridized carbons (Fsp3) is 0.0154. The Morgan fingerprint density at radius 3 is 1.48 bits per heavy atom. The van der Waals surface area contributed by atoms with Crippen LogP contribution < -0.4 is 4.90 Å². The molecular weight excluding hydrogens is 811 g/mol. The van der Waals surface area contributed by atoms with Crippen molar-refractivity contribution < 1.29 is 4.42 Å². The lowest BCUT2D eigenvalue weighted by Gasteiger charge is -2.45. The van der Waals surface area contributed by atoms with Crippen LogP contribution in [0.2, 0.25) is 0 Å². The Balaban J connectivity index is 0.920. The Bertz CT molecular complexity index is 3820. The van der Waals surface area contributed by atoms with E-state index in [0.29, 0.717) is 0 Å². The normalized spacial score (nSPS) is 13.2. The lowest BCUT2D eigenvalue weighted by Crippen LogP contribution is -2.36. The summed E-state index contributed by atoms with van der Waals surface area (Å²) in [5, 5.41) is 5.79. The van der Waals surface area contributed by atoms with Crippen LogP contribution in [0.15, 0.2) is 253 Å². The summed E-state index contributed by atoms with van der Waals surface area (Å²) in [7, 11) is 0. The smallest absolute Gasteiger partial charge is 0.143 e. The molecule has 1 aliphatic carbocycles. The number of fused-ring (bicyclic) bond motifs is 15. The summed E-state index contributed by atoms with van der Waals surface area (Å²) in [5.74, 6) is 0.879. The van der Waals surface area contributed by atoms with Crippen molar-refractivity contribution in [3.63, 3.8) is 0 Å². The predicted octanol–water partition coefficient (Wildman–Crippen LogP) is 17.6. The van der Waals surface area contributed by atoms with Gasteiger partial charge in [-0.15, -0.1) is 0 Å². The molecule has 12 aromatic rings. The highest BCUT2D eigenvalue weighted by Crippen LogP contribution is 2.63. The number of hydrogen-bond acceptors (Lipinski definition) is 2. The maximum atomic E-state index is 7.15. The second-order valence-corrected chi connectivity index (χ2v) is 17.9. The summed E-state index contributed by atoms with van der Waals surface area (Å²) < 4.78 is 7.15. The molecule has 0 unspecified atom stereocenters. The van der Waals surface area contributed by atoms with E-state index < -0.39 is 5.41 Å². The number of anilines is 3. The third-order valence-electron chi connectivity index (χ3n) is 14.5. The van der Waals surface area contributed by atoms with Crippen molar-refractivity contribution in [1.29, 1.82) is 0 Å². The standard InChI is InChI=1S/C65H41NO/c1-3-18-42(19-4-1)45-22-17-23-47(40-45)63-61(44-20-5-2-6-21-44)62-52-39-36-46(41-54(52)49-24-7-8-27-53(49)64(62)67-63)43-34-37-48(38-35-43)66-59-32-15-13-30-57(59)65(58-31-14-16-33-60(58)66)55-28-11-9-25-50(55)51-26-10-12-29-56(51)65/h1-41H. The molecule has 0 fully saturated rings. The lowest BCUT2D eigenvalue weighted by atomic mass is 9.64. The lowest BCUT2D eigenvalue weighted by molar-refractivity contribution is 0.636. The van der Waals surface area contributed by atoms with E-state index in [1.165, 1.54) is 72.0 Å². The van der Waals surface area contributed by atoms with Gasteiger partial charge in [0, 0.05) is 27.6 Å². The van der Waals surface area contributed by atoms with Crippen LogP contribution in [0.25, 0.3) is 88.3 Å². The van der Waals surface area contributed by atoms with E-state index in [9.17, 15) is 0 Å². The van der Waals surface area contributed by atoms with Gasteiger partial charge in [0.2, 0.25) is 0 Å². The number of furan rings is 1. The molecule has 0 N–H and O–H groups in total. The quantitative estimate of drug-likeness (QED) is 0.160. The zero-order valence-electron chi connectivity index (χ0n) is 36.5. The van der Waals surface area contributed by atoms with Gasteiger partial charge >= 0.3 is 0 Å². The van der Waals surface area contributed by atoms with E-state index >= 15 is 0 Å². The van der Waals surface area contributed by atoms with Crippen LogP contribution >= 0.6 is 0 Å². The molecule has 1 aromatic heterocycles. The highest BCUT2D eigenvalue weighted by atomic mass is 16.3. The largest absolute Gasteiger partial charge is 0.455 e. The van der Waals surface area contributed by atoms with Crippen molar-refractivity contribution in [2.45, 2.75) is 5.41 Å². The fourth-order valence-electron chi connectivity index (χ4n) is 11.7. The third-order valence-corrected chi connectivity index (χ3v) is 14.5. The Labute approximate surface area is 389 Å². The first kappa shape index (κ1) is 37.6. The molecule has 312 valence electrons. The van der Waals surface area contributed by atoms with Gasteiger partial charge in [-0.1, -0.05) is 212 Å². The second-order valence-electron chi connectivity index (χ2n) is 17.9. The average molecular weight is 852 g/mol. The molecule has 2 heterocycles. The van der Waals surface area contributed by atoms with Crippen molar-refractivity contribution >= 4 is 49.6 Å². The molecule has 0 saturated heterocycles. The number of rotatable bonds is 5. The molecule has 1 spiro atoms. The van der Waals surface area contributed by atoms with E-state index in [2.05, 4.69) is 254 Å². The van der Waals surface area contributed by atoms with E-state index in [1.54, 1.807) is 0 Å². The van der Waals surface area contributed by atoms with Crippen molar-refractivity contribution in [3.8, 4) is 55.8 Å². The first-order valence-electron chi connectivity index (χ1n) is 23.2. The molecule has 0 amide bonds. The predicted molar refractivity (Wildman–Crippen MR) is 279 cm³/mol. The maximum absolute atomic E-state index is 7.15. The molecule has 0 saturated carbocycles. The monoisotopic (exact) mass is 851 g/mol. The summed E-state index contributed by atoms with van der Waals surface area (Å²) in [4.78, 5) is 2.46. The Morgan fingerprint density at radius 1 is 0.313 bits per heavy atom. The molecule has 2 heteroatoms. The van der Waals surface area contributed by atoms with E-state index in [-0.39, 0.29) is 0 Å². The second kappa shape index (κ2) is 14.7. The van der Waals surface area contributed by atoms with E-state index in [4.69, 9.17) is 4.42 Å². The number of hydrogen-bond donors (Lipinski definition) is 0. The Morgan fingerprint density at radius 2 is 0.806 bits per heavy atom. The first-order chi connectivity index (χ1) is 33.3. The molecule has 14 rings (SSSR count). The number of benzene rings is 11. The molecule has 11 aromatic carbocycles. The topological polar surface area (TPSA) is 16.4 Å². The summed E-state index contributed by atoms with van der Waals surface area (Å²) in [6.07, 6.45) is 0. The van der Waals surface area contributed by atoms with Gasteiger partial charge in [0.1, 0.15) is 11.3 Å². The first-order valence-corrected chi connectivity index (χ1v) is 23.2. The molecule has 67 heavy (non-hydrogen) atoms. The van der Waals surface area contributed by atoms with Crippen LogP contribution in [0.1, 0.15) is 22.3 Å². The van der Waals surface area contributed by atoms with Crippen molar-refractivity contribution in [1.82, 2.24) is 0 Å². The minimum absolute atomic E-state index is 0.432. The Kier molecular flexibility index (Phi) is 8.23. The molecule has 0 radical (unpaired) electrons. The summed E-state index contributed by atoms with van der Waals surface area (Å²) in [5.41, 5.74) is 19.8.